The third-order valence-electron chi connectivity index (χ3n) is 4.75. The second-order valence-electron chi connectivity index (χ2n) is 7.39. The average molecular weight is 419 g/mol. The lowest BCUT2D eigenvalue weighted by Crippen LogP contribution is -2.48. The molecule has 1 saturated heterocycles. The largest absolute Gasteiger partial charge is 0.508 e. The van der Waals surface area contributed by atoms with E-state index in [1.54, 1.807) is 23.1 Å². The number of rotatable bonds is 5. The van der Waals surface area contributed by atoms with E-state index in [0.29, 0.717) is 31.9 Å². The van der Waals surface area contributed by atoms with Crippen molar-refractivity contribution in [3.63, 3.8) is 0 Å². The van der Waals surface area contributed by atoms with Gasteiger partial charge in [-0.1, -0.05) is 0 Å². The minimum atomic E-state index is -3.44. The van der Waals surface area contributed by atoms with Crippen LogP contribution in [0.3, 0.4) is 0 Å². The monoisotopic (exact) mass is 418 g/mol. The first kappa shape index (κ1) is 21.0. The number of phenols is 1. The van der Waals surface area contributed by atoms with Crippen LogP contribution in [0, 0.1) is 0 Å². The molecule has 1 amide bonds. The van der Waals surface area contributed by atoms with Gasteiger partial charge in [-0.15, -0.1) is 0 Å². The summed E-state index contributed by atoms with van der Waals surface area (Å²) in [5.74, 6) is 0.362. The highest BCUT2D eigenvalue weighted by Crippen LogP contribution is 2.27. The van der Waals surface area contributed by atoms with Crippen LogP contribution in [0.5, 0.6) is 11.5 Å². The van der Waals surface area contributed by atoms with Crippen LogP contribution in [0.1, 0.15) is 24.2 Å². The van der Waals surface area contributed by atoms with E-state index in [9.17, 15) is 18.3 Å². The third kappa shape index (κ3) is 5.00. The van der Waals surface area contributed by atoms with Crippen LogP contribution >= 0.6 is 0 Å². The molecule has 1 aliphatic rings. The summed E-state index contributed by atoms with van der Waals surface area (Å²) in [5.41, 5.74) is 1.25. The molecule has 1 N–H and O–H groups in total. The summed E-state index contributed by atoms with van der Waals surface area (Å²) >= 11 is 0. The van der Waals surface area contributed by atoms with Crippen molar-refractivity contribution < 1.29 is 23.1 Å². The minimum Gasteiger partial charge on any atom is -0.508 e. The number of hydrogen-bond donors (Lipinski definition) is 1. The number of benzene rings is 2. The number of anilines is 1. The average Bonchev–Trinajstić information content (AvgIpc) is 2.67. The van der Waals surface area contributed by atoms with Gasteiger partial charge in [-0.25, -0.2) is 8.42 Å². The summed E-state index contributed by atoms with van der Waals surface area (Å²) in [7, 11) is -3.44. The summed E-state index contributed by atoms with van der Waals surface area (Å²) in [6, 6.07) is 11.4. The maximum absolute atomic E-state index is 13.2. The van der Waals surface area contributed by atoms with Crippen LogP contribution in [0.25, 0.3) is 0 Å². The molecule has 0 saturated carbocycles. The van der Waals surface area contributed by atoms with Gasteiger partial charge in [0.05, 0.1) is 16.6 Å². The van der Waals surface area contributed by atoms with E-state index in [0.717, 1.165) is 11.9 Å². The standard InChI is InChI=1S/C21H26N2O5S/c1-15(2)28-20-9-8-18(29(3,26)27)14-19(20)21(25)23-12-10-22(11-13-23)16-4-6-17(24)7-5-16/h4-9,14-15,24H,10-13H2,1-3H3. The van der Waals surface area contributed by atoms with Crippen molar-refractivity contribution in [2.75, 3.05) is 37.3 Å². The highest BCUT2D eigenvalue weighted by Gasteiger charge is 2.26. The lowest BCUT2D eigenvalue weighted by atomic mass is 10.1. The molecule has 0 unspecified atom stereocenters. The molecule has 2 aromatic rings. The Morgan fingerprint density at radius 3 is 2.21 bits per heavy atom. The highest BCUT2D eigenvalue weighted by atomic mass is 32.2. The third-order valence-corrected chi connectivity index (χ3v) is 5.86. The Bertz CT molecular complexity index is 979. The molecule has 0 radical (unpaired) electrons. The molecule has 0 aliphatic carbocycles. The van der Waals surface area contributed by atoms with E-state index in [1.807, 2.05) is 26.0 Å². The SMILES string of the molecule is CC(C)Oc1ccc(S(C)(=O)=O)cc1C(=O)N1CCN(c2ccc(O)cc2)CC1. The molecule has 2 aromatic carbocycles. The topological polar surface area (TPSA) is 87.2 Å². The van der Waals surface area contributed by atoms with Gasteiger partial charge in [0.2, 0.25) is 0 Å². The Balaban J connectivity index is 1.80. The summed E-state index contributed by atoms with van der Waals surface area (Å²) in [5, 5.41) is 9.44. The Kier molecular flexibility index (Phi) is 6.02. The summed E-state index contributed by atoms with van der Waals surface area (Å²) < 4.78 is 29.7. The van der Waals surface area contributed by atoms with Crippen molar-refractivity contribution in [1.82, 2.24) is 4.90 Å². The normalized spacial score (nSPS) is 14.9. The van der Waals surface area contributed by atoms with E-state index < -0.39 is 9.84 Å². The number of amides is 1. The molecule has 1 fully saturated rings. The second kappa shape index (κ2) is 8.32. The molecule has 3 rings (SSSR count). The first-order valence-corrected chi connectivity index (χ1v) is 11.4. The van der Waals surface area contributed by atoms with Gasteiger partial charge in [0, 0.05) is 38.1 Å². The zero-order valence-electron chi connectivity index (χ0n) is 16.8. The molecule has 1 heterocycles. The number of carbonyl (C=O) groups is 1. The van der Waals surface area contributed by atoms with Crippen molar-refractivity contribution in [2.45, 2.75) is 24.8 Å². The maximum atomic E-state index is 13.2. The number of aromatic hydroxyl groups is 1. The Morgan fingerprint density at radius 2 is 1.66 bits per heavy atom. The Labute approximate surface area is 171 Å². The highest BCUT2D eigenvalue weighted by molar-refractivity contribution is 7.90. The lowest BCUT2D eigenvalue weighted by molar-refractivity contribution is 0.0740. The quantitative estimate of drug-likeness (QED) is 0.803. The van der Waals surface area contributed by atoms with Gasteiger partial charge < -0.3 is 19.6 Å². The van der Waals surface area contributed by atoms with Gasteiger partial charge in [-0.2, -0.15) is 0 Å². The van der Waals surface area contributed by atoms with Gasteiger partial charge in [0.15, 0.2) is 9.84 Å². The number of phenolic OH excluding ortho intramolecular Hbond substituents is 1. The van der Waals surface area contributed by atoms with E-state index in [-0.39, 0.29) is 28.2 Å². The van der Waals surface area contributed by atoms with Gasteiger partial charge in [-0.05, 0) is 56.3 Å². The lowest BCUT2D eigenvalue weighted by Gasteiger charge is -2.36. The molecular formula is C21H26N2O5S. The number of piperazine rings is 1. The van der Waals surface area contributed by atoms with Crippen molar-refractivity contribution in [1.29, 1.82) is 0 Å². The first-order chi connectivity index (χ1) is 13.6. The van der Waals surface area contributed by atoms with Crippen molar-refractivity contribution in [3.05, 3.63) is 48.0 Å². The molecule has 1 aliphatic heterocycles. The minimum absolute atomic E-state index is 0.0969. The first-order valence-electron chi connectivity index (χ1n) is 9.49. The van der Waals surface area contributed by atoms with Gasteiger partial charge in [0.25, 0.3) is 5.91 Å². The molecule has 8 heteroatoms. The maximum Gasteiger partial charge on any atom is 0.257 e. The number of sulfone groups is 1. The van der Waals surface area contributed by atoms with E-state index in [2.05, 4.69) is 4.90 Å². The van der Waals surface area contributed by atoms with E-state index >= 15 is 0 Å². The zero-order valence-corrected chi connectivity index (χ0v) is 17.6. The summed E-state index contributed by atoms with van der Waals surface area (Å²) in [6.07, 6.45) is 0.979. The molecule has 0 bridgehead atoms. The number of hydrogen-bond acceptors (Lipinski definition) is 6. The van der Waals surface area contributed by atoms with Gasteiger partial charge in [0.1, 0.15) is 11.5 Å². The van der Waals surface area contributed by atoms with E-state index in [1.165, 1.54) is 12.1 Å². The Hall–Kier alpha value is -2.74. The Morgan fingerprint density at radius 1 is 1.03 bits per heavy atom. The predicted molar refractivity (Wildman–Crippen MR) is 112 cm³/mol. The molecule has 7 nitrogen and oxygen atoms in total. The second-order valence-corrected chi connectivity index (χ2v) is 9.41. The number of carbonyl (C=O) groups excluding carboxylic acids is 1. The van der Waals surface area contributed by atoms with Crippen LogP contribution in [-0.4, -0.2) is 62.9 Å². The van der Waals surface area contributed by atoms with Crippen molar-refractivity contribution in [3.8, 4) is 11.5 Å². The molecular weight excluding hydrogens is 392 g/mol. The van der Waals surface area contributed by atoms with Gasteiger partial charge >= 0.3 is 0 Å². The molecule has 156 valence electrons. The number of nitrogens with zero attached hydrogens (tertiary/aromatic N) is 2. The van der Waals surface area contributed by atoms with Gasteiger partial charge in [-0.3, -0.25) is 4.79 Å². The molecule has 0 spiro atoms. The smallest absolute Gasteiger partial charge is 0.257 e. The van der Waals surface area contributed by atoms with Crippen LogP contribution in [0.2, 0.25) is 0 Å². The molecule has 0 aromatic heterocycles. The fourth-order valence-electron chi connectivity index (χ4n) is 3.27. The van der Waals surface area contributed by atoms with Crippen LogP contribution in [0.15, 0.2) is 47.4 Å². The van der Waals surface area contributed by atoms with Crippen molar-refractivity contribution in [2.24, 2.45) is 0 Å². The van der Waals surface area contributed by atoms with E-state index in [4.69, 9.17) is 4.74 Å². The fraction of sp³-hybridized carbons (Fsp3) is 0.381. The summed E-state index contributed by atoms with van der Waals surface area (Å²) in [6.45, 7) is 6.00. The zero-order chi connectivity index (χ0) is 21.2. The summed E-state index contributed by atoms with van der Waals surface area (Å²) in [4.78, 5) is 17.1. The van der Waals surface area contributed by atoms with Crippen molar-refractivity contribution >= 4 is 21.4 Å². The fourth-order valence-corrected chi connectivity index (χ4v) is 3.91. The molecule has 0 atom stereocenters. The predicted octanol–water partition coefficient (Wildman–Crippen LogP) is 2.55. The molecule has 29 heavy (non-hydrogen) atoms. The number of ether oxygens (including phenoxy) is 1. The van der Waals surface area contributed by atoms with Crippen LogP contribution in [-0.2, 0) is 9.84 Å². The van der Waals surface area contributed by atoms with Crippen LogP contribution in [0.4, 0.5) is 5.69 Å². The van der Waals surface area contributed by atoms with Crippen LogP contribution < -0.4 is 9.64 Å².